The van der Waals surface area contributed by atoms with E-state index in [0.717, 1.165) is 10.9 Å². The molecule has 0 saturated heterocycles. The summed E-state index contributed by atoms with van der Waals surface area (Å²) >= 11 is 0. The summed E-state index contributed by atoms with van der Waals surface area (Å²) in [4.78, 5) is 9.06. The Morgan fingerprint density at radius 3 is 2.69 bits per heavy atom. The maximum atomic E-state index is 11.0. The molecule has 0 amide bonds. The van der Waals surface area contributed by atoms with Gasteiger partial charge in [0.05, 0.1) is 17.8 Å². The first-order chi connectivity index (χ1) is 7.36. The lowest BCUT2D eigenvalue weighted by Gasteiger charge is -1.89. The van der Waals surface area contributed by atoms with Crippen LogP contribution in [0.5, 0.6) is 0 Å². The van der Waals surface area contributed by atoms with E-state index in [1.807, 2.05) is 0 Å². The normalized spacial score (nSPS) is 12.1. The van der Waals surface area contributed by atoms with Gasteiger partial charge in [-0.05, 0) is 11.8 Å². The molecule has 9 heteroatoms. The van der Waals surface area contributed by atoms with Crippen LogP contribution in [0.4, 0.5) is 5.82 Å². The van der Waals surface area contributed by atoms with Crippen molar-refractivity contribution in [2.24, 2.45) is 0 Å². The van der Waals surface area contributed by atoms with Crippen LogP contribution < -0.4 is 0 Å². The molecule has 0 aliphatic heterocycles. The van der Waals surface area contributed by atoms with E-state index in [2.05, 4.69) is 5.10 Å². The molecular weight excluding hydrogens is 258 g/mol. The third-order valence-electron chi connectivity index (χ3n) is 1.67. The fourth-order valence-corrected chi connectivity index (χ4v) is 1.91. The van der Waals surface area contributed by atoms with Crippen molar-refractivity contribution in [2.45, 2.75) is 18.4 Å². The Labute approximate surface area is 95.9 Å². The van der Waals surface area contributed by atoms with Gasteiger partial charge in [0.2, 0.25) is 4.90 Å². The van der Waals surface area contributed by atoms with Crippen LogP contribution in [0.15, 0.2) is 23.2 Å². The Morgan fingerprint density at radius 2 is 2.31 bits per heavy atom. The highest BCUT2D eigenvalue weighted by Crippen LogP contribution is 2.24. The molecular formula is C7H8ClN3O4S. The zero-order valence-corrected chi connectivity index (χ0v) is 9.77. The molecule has 0 saturated carbocycles. The fraction of sp³-hybridized carbons (Fsp3) is 0.286. The van der Waals surface area contributed by atoms with Crippen LogP contribution in [-0.4, -0.2) is 23.1 Å². The minimum atomic E-state index is -4.16. The highest BCUT2D eigenvalue weighted by molar-refractivity contribution is 8.13. The highest BCUT2D eigenvalue weighted by Gasteiger charge is 2.29. The quantitative estimate of drug-likeness (QED) is 0.354. The molecule has 0 bridgehead atoms. The highest BCUT2D eigenvalue weighted by atomic mass is 35.7. The van der Waals surface area contributed by atoms with Gasteiger partial charge in [-0.3, -0.25) is 0 Å². The molecule has 7 nitrogen and oxygen atoms in total. The number of rotatable bonds is 4. The lowest BCUT2D eigenvalue weighted by molar-refractivity contribution is -0.392. The molecule has 1 aromatic rings. The van der Waals surface area contributed by atoms with Gasteiger partial charge in [0.1, 0.15) is 0 Å². The van der Waals surface area contributed by atoms with Gasteiger partial charge in [-0.1, -0.05) is 12.2 Å². The van der Waals surface area contributed by atoms with Crippen molar-refractivity contribution in [1.29, 1.82) is 0 Å². The number of allylic oxidation sites excluding steroid dienone is 2. The third kappa shape index (κ3) is 2.80. The predicted octanol–water partition coefficient (Wildman–Crippen LogP) is 1.29. The summed E-state index contributed by atoms with van der Waals surface area (Å²) < 4.78 is 23.2. The summed E-state index contributed by atoms with van der Waals surface area (Å²) in [7, 11) is 0.892. The van der Waals surface area contributed by atoms with Crippen LogP contribution in [0.2, 0.25) is 0 Å². The van der Waals surface area contributed by atoms with Gasteiger partial charge in [-0.2, -0.15) is 4.68 Å². The summed E-state index contributed by atoms with van der Waals surface area (Å²) in [5.41, 5.74) is 0. The number of nitro groups is 1. The van der Waals surface area contributed by atoms with E-state index in [1.54, 1.807) is 19.1 Å². The van der Waals surface area contributed by atoms with Crippen molar-refractivity contribution in [1.82, 2.24) is 9.78 Å². The topological polar surface area (TPSA) is 95.1 Å². The smallest absolute Gasteiger partial charge is 0.358 e. The van der Waals surface area contributed by atoms with Gasteiger partial charge >= 0.3 is 5.82 Å². The van der Waals surface area contributed by atoms with Gasteiger partial charge in [0, 0.05) is 10.7 Å². The average Bonchev–Trinajstić information content (AvgIpc) is 2.58. The summed E-state index contributed by atoms with van der Waals surface area (Å²) in [5, 5.41) is 14.1. The van der Waals surface area contributed by atoms with E-state index >= 15 is 0 Å². The van der Waals surface area contributed by atoms with Gasteiger partial charge in [0.25, 0.3) is 9.05 Å². The van der Waals surface area contributed by atoms with Gasteiger partial charge in [-0.25, -0.2) is 8.42 Å². The predicted molar refractivity (Wildman–Crippen MR) is 56.7 cm³/mol. The number of aromatic nitrogens is 2. The monoisotopic (exact) mass is 265 g/mol. The Kier molecular flexibility index (Phi) is 3.66. The lowest BCUT2D eigenvalue weighted by Crippen LogP contribution is -1.97. The first-order valence-electron chi connectivity index (χ1n) is 4.14. The minimum absolute atomic E-state index is 0.240. The maximum Gasteiger partial charge on any atom is 0.410 e. The van der Waals surface area contributed by atoms with Crippen LogP contribution in [0.1, 0.15) is 6.92 Å². The molecule has 0 radical (unpaired) electrons. The maximum absolute atomic E-state index is 11.0. The molecule has 1 rings (SSSR count). The molecule has 0 fully saturated rings. The molecule has 0 N–H and O–H groups in total. The molecule has 0 spiro atoms. The Hall–Kier alpha value is -1.41. The molecule has 1 aromatic heterocycles. The average molecular weight is 266 g/mol. The molecule has 0 aliphatic rings. The van der Waals surface area contributed by atoms with E-state index in [1.165, 1.54) is 0 Å². The van der Waals surface area contributed by atoms with Crippen molar-refractivity contribution in [2.75, 3.05) is 0 Å². The Balaban J connectivity index is 3.26. The first-order valence-corrected chi connectivity index (χ1v) is 6.45. The second-order valence-electron chi connectivity index (χ2n) is 2.80. The van der Waals surface area contributed by atoms with Crippen molar-refractivity contribution < 1.29 is 13.3 Å². The zero-order chi connectivity index (χ0) is 12.3. The molecule has 0 atom stereocenters. The number of nitrogens with zero attached hydrogens (tertiary/aromatic N) is 3. The van der Waals surface area contributed by atoms with E-state index in [0.29, 0.717) is 0 Å². The third-order valence-corrected chi connectivity index (χ3v) is 2.99. The number of halogens is 1. The second kappa shape index (κ2) is 4.62. The summed E-state index contributed by atoms with van der Waals surface area (Å²) in [6.45, 7) is 2.00. The van der Waals surface area contributed by atoms with Gasteiger partial charge in [0.15, 0.2) is 0 Å². The van der Waals surface area contributed by atoms with Crippen LogP contribution >= 0.6 is 10.7 Å². The van der Waals surface area contributed by atoms with Crippen LogP contribution in [0, 0.1) is 10.1 Å². The largest absolute Gasteiger partial charge is 0.410 e. The molecule has 1 heterocycles. The van der Waals surface area contributed by atoms with Gasteiger partial charge in [-0.15, -0.1) is 0 Å². The van der Waals surface area contributed by atoms with Crippen molar-refractivity contribution in [3.8, 4) is 0 Å². The van der Waals surface area contributed by atoms with Crippen LogP contribution in [-0.2, 0) is 15.6 Å². The molecule has 0 aliphatic carbocycles. The zero-order valence-electron chi connectivity index (χ0n) is 8.20. The standard InChI is InChI=1S/C7H8ClN3O4S/c1-2-3-4-10-5-6(16(8,14)15)7(9-10)11(12)13/h2-3,5H,4H2,1H3/b3-2+. The Morgan fingerprint density at radius 1 is 1.69 bits per heavy atom. The first kappa shape index (κ1) is 12.7. The summed E-state index contributed by atoms with van der Waals surface area (Å²) in [6.07, 6.45) is 4.41. The molecule has 0 unspecified atom stereocenters. The summed E-state index contributed by atoms with van der Waals surface area (Å²) in [6, 6.07) is 0. The van der Waals surface area contributed by atoms with E-state index in [-0.39, 0.29) is 6.54 Å². The van der Waals surface area contributed by atoms with E-state index < -0.39 is 24.7 Å². The SMILES string of the molecule is C/C=C/Cn1cc(S(=O)(=O)Cl)c([N+](=O)[O-])n1. The fourth-order valence-electron chi connectivity index (χ4n) is 0.998. The number of hydrogen-bond donors (Lipinski definition) is 0. The van der Waals surface area contributed by atoms with Crippen molar-refractivity contribution in [3.05, 3.63) is 28.5 Å². The molecule has 0 aromatic carbocycles. The molecule has 16 heavy (non-hydrogen) atoms. The van der Waals surface area contributed by atoms with Crippen LogP contribution in [0.25, 0.3) is 0 Å². The van der Waals surface area contributed by atoms with E-state index in [4.69, 9.17) is 10.7 Å². The van der Waals surface area contributed by atoms with Gasteiger partial charge < -0.3 is 10.1 Å². The summed E-state index contributed by atoms with van der Waals surface area (Å²) in [5.74, 6) is -0.764. The van der Waals surface area contributed by atoms with Crippen molar-refractivity contribution >= 4 is 25.6 Å². The molecule has 88 valence electrons. The second-order valence-corrected chi connectivity index (χ2v) is 5.34. The lowest BCUT2D eigenvalue weighted by atomic mass is 10.5. The van der Waals surface area contributed by atoms with Crippen molar-refractivity contribution in [3.63, 3.8) is 0 Å². The minimum Gasteiger partial charge on any atom is -0.358 e. The Bertz CT molecular complexity index is 534. The van der Waals surface area contributed by atoms with E-state index in [9.17, 15) is 18.5 Å². The number of hydrogen-bond acceptors (Lipinski definition) is 5. The van der Waals surface area contributed by atoms with Crippen LogP contribution in [0.3, 0.4) is 0 Å².